The van der Waals surface area contributed by atoms with E-state index in [1.165, 1.54) is 0 Å². The molecule has 2 aliphatic rings. The molecule has 0 heterocycles. The minimum Gasteiger partial charge on any atom is -0.376 e. The second-order valence-corrected chi connectivity index (χ2v) is 5.35. The number of alkyl halides is 2. The van der Waals surface area contributed by atoms with Gasteiger partial charge < -0.3 is 4.74 Å². The summed E-state index contributed by atoms with van der Waals surface area (Å²) in [5, 5.41) is 12.9. The van der Waals surface area contributed by atoms with Gasteiger partial charge in [-0.05, 0) is 38.0 Å². The lowest BCUT2D eigenvalue weighted by Crippen LogP contribution is -2.48. The van der Waals surface area contributed by atoms with E-state index in [4.69, 9.17) is 4.74 Å². The molecule has 0 amide bonds. The summed E-state index contributed by atoms with van der Waals surface area (Å²) in [4.78, 5) is 0. The first-order valence-electron chi connectivity index (χ1n) is 6.71. The van der Waals surface area contributed by atoms with Crippen LogP contribution >= 0.6 is 0 Å². The van der Waals surface area contributed by atoms with Crippen LogP contribution in [0.1, 0.15) is 38.5 Å². The van der Waals surface area contributed by atoms with Crippen LogP contribution in [0.3, 0.4) is 0 Å². The van der Waals surface area contributed by atoms with Gasteiger partial charge in [-0.1, -0.05) is 6.42 Å². The maximum absolute atomic E-state index is 11.9. The zero-order chi connectivity index (χ0) is 13.0. The average Bonchev–Trinajstić information content (AvgIpc) is 3.05. The molecule has 2 unspecified atom stereocenters. The second kappa shape index (κ2) is 5.94. The van der Waals surface area contributed by atoms with Gasteiger partial charge in [-0.2, -0.15) is 5.26 Å². The topological polar surface area (TPSA) is 45.0 Å². The molecule has 0 aliphatic heterocycles. The smallest absolute Gasteiger partial charge is 0.261 e. The van der Waals surface area contributed by atoms with E-state index in [2.05, 4.69) is 11.4 Å². The highest BCUT2D eigenvalue weighted by Crippen LogP contribution is 2.40. The van der Waals surface area contributed by atoms with Gasteiger partial charge in [-0.3, -0.25) is 5.32 Å². The van der Waals surface area contributed by atoms with Crippen LogP contribution in [0.5, 0.6) is 0 Å². The summed E-state index contributed by atoms with van der Waals surface area (Å²) in [7, 11) is 0. The maximum atomic E-state index is 11.9. The molecule has 2 saturated carbocycles. The third-order valence-corrected chi connectivity index (χ3v) is 3.91. The Morgan fingerprint density at radius 2 is 2.17 bits per heavy atom. The zero-order valence-corrected chi connectivity index (χ0v) is 10.5. The van der Waals surface area contributed by atoms with E-state index in [0.717, 1.165) is 32.1 Å². The van der Waals surface area contributed by atoms with Crippen LogP contribution in [-0.4, -0.2) is 31.2 Å². The van der Waals surface area contributed by atoms with Crippen molar-refractivity contribution in [1.82, 2.24) is 5.32 Å². The van der Waals surface area contributed by atoms with Gasteiger partial charge in [-0.15, -0.1) is 0 Å². The fourth-order valence-electron chi connectivity index (χ4n) is 2.83. The SMILES string of the molecule is N#CC1(NC2CC2)CCCC1CCOCC(F)F. The Kier molecular flexibility index (Phi) is 4.52. The normalized spacial score (nSPS) is 31.8. The summed E-state index contributed by atoms with van der Waals surface area (Å²) < 4.78 is 28.8. The Morgan fingerprint density at radius 1 is 1.39 bits per heavy atom. The van der Waals surface area contributed by atoms with Gasteiger partial charge in [0.15, 0.2) is 0 Å². The van der Waals surface area contributed by atoms with E-state index < -0.39 is 18.6 Å². The lowest BCUT2D eigenvalue weighted by Gasteiger charge is -2.30. The van der Waals surface area contributed by atoms with Gasteiger partial charge in [0.1, 0.15) is 12.1 Å². The summed E-state index contributed by atoms with van der Waals surface area (Å²) in [6.45, 7) is -0.174. The van der Waals surface area contributed by atoms with Crippen molar-refractivity contribution in [3.63, 3.8) is 0 Å². The summed E-state index contributed by atoms with van der Waals surface area (Å²) in [6.07, 6.45) is 3.49. The minimum absolute atomic E-state index is 0.237. The second-order valence-electron chi connectivity index (χ2n) is 5.35. The van der Waals surface area contributed by atoms with Crippen molar-refractivity contribution in [3.8, 4) is 6.07 Å². The van der Waals surface area contributed by atoms with Crippen LogP contribution in [0.4, 0.5) is 8.78 Å². The van der Waals surface area contributed by atoms with Crippen LogP contribution in [0, 0.1) is 17.2 Å². The first-order valence-corrected chi connectivity index (χ1v) is 6.71. The molecule has 3 nitrogen and oxygen atoms in total. The minimum atomic E-state index is -2.40. The molecule has 5 heteroatoms. The van der Waals surface area contributed by atoms with E-state index >= 15 is 0 Å². The largest absolute Gasteiger partial charge is 0.376 e. The van der Waals surface area contributed by atoms with Crippen LogP contribution in [-0.2, 0) is 4.74 Å². The molecule has 1 N–H and O–H groups in total. The fraction of sp³-hybridized carbons (Fsp3) is 0.923. The Labute approximate surface area is 106 Å². The van der Waals surface area contributed by atoms with E-state index in [1.54, 1.807) is 0 Å². The third-order valence-electron chi connectivity index (χ3n) is 3.91. The average molecular weight is 258 g/mol. The van der Waals surface area contributed by atoms with Crippen LogP contribution in [0.15, 0.2) is 0 Å². The van der Waals surface area contributed by atoms with Crippen molar-refractivity contribution >= 4 is 0 Å². The van der Waals surface area contributed by atoms with Gasteiger partial charge in [0.2, 0.25) is 0 Å². The number of rotatable bonds is 7. The molecule has 2 aliphatic carbocycles. The molecule has 0 radical (unpaired) electrons. The number of nitrogens with one attached hydrogen (secondary N) is 1. The van der Waals surface area contributed by atoms with Crippen molar-refractivity contribution in [2.45, 2.75) is 56.5 Å². The molecule has 0 aromatic carbocycles. The quantitative estimate of drug-likeness (QED) is 0.713. The highest BCUT2D eigenvalue weighted by Gasteiger charge is 2.45. The van der Waals surface area contributed by atoms with Crippen molar-refractivity contribution < 1.29 is 13.5 Å². The van der Waals surface area contributed by atoms with E-state index in [1.807, 2.05) is 0 Å². The standard InChI is InChI=1S/C13H20F2N2O/c14-12(15)8-18-7-5-10-2-1-6-13(10,9-16)17-11-3-4-11/h10-12,17H,1-8H2. The van der Waals surface area contributed by atoms with Gasteiger partial charge in [0.25, 0.3) is 6.43 Å². The molecule has 2 rings (SSSR count). The molecular formula is C13H20F2N2O. The van der Waals surface area contributed by atoms with E-state index in [9.17, 15) is 14.0 Å². The van der Waals surface area contributed by atoms with Crippen molar-refractivity contribution in [1.29, 1.82) is 5.26 Å². The summed E-state index contributed by atoms with van der Waals surface area (Å²) >= 11 is 0. The number of hydrogen-bond donors (Lipinski definition) is 1. The van der Waals surface area contributed by atoms with E-state index in [-0.39, 0.29) is 5.92 Å². The molecule has 102 valence electrons. The molecule has 0 aromatic rings. The molecule has 0 saturated heterocycles. The molecule has 18 heavy (non-hydrogen) atoms. The summed E-state index contributed by atoms with van der Waals surface area (Å²) in [5.41, 5.74) is -0.435. The lowest BCUT2D eigenvalue weighted by molar-refractivity contribution is 0.0111. The van der Waals surface area contributed by atoms with Crippen molar-refractivity contribution in [3.05, 3.63) is 0 Å². The zero-order valence-electron chi connectivity index (χ0n) is 10.5. The fourth-order valence-corrected chi connectivity index (χ4v) is 2.83. The lowest BCUT2D eigenvalue weighted by atomic mass is 9.86. The first-order chi connectivity index (χ1) is 8.66. The molecule has 0 aromatic heterocycles. The van der Waals surface area contributed by atoms with Crippen LogP contribution < -0.4 is 5.32 Å². The van der Waals surface area contributed by atoms with Gasteiger partial charge >= 0.3 is 0 Å². The molecule has 0 bridgehead atoms. The molecule has 0 spiro atoms. The number of nitrogens with zero attached hydrogens (tertiary/aromatic N) is 1. The Hall–Kier alpha value is -0.730. The Bertz CT molecular complexity index is 315. The highest BCUT2D eigenvalue weighted by atomic mass is 19.3. The number of ether oxygens (including phenoxy) is 1. The van der Waals surface area contributed by atoms with Crippen molar-refractivity contribution in [2.75, 3.05) is 13.2 Å². The third kappa shape index (κ3) is 3.39. The van der Waals surface area contributed by atoms with Crippen LogP contribution in [0.2, 0.25) is 0 Å². The highest BCUT2D eigenvalue weighted by molar-refractivity contribution is 5.16. The summed E-state index contributed by atoms with van der Waals surface area (Å²) in [6, 6.07) is 2.93. The predicted molar refractivity (Wildman–Crippen MR) is 63.3 cm³/mol. The van der Waals surface area contributed by atoms with Crippen LogP contribution in [0.25, 0.3) is 0 Å². The predicted octanol–water partition coefficient (Wildman–Crippen LogP) is 2.47. The maximum Gasteiger partial charge on any atom is 0.261 e. The number of halogens is 2. The Morgan fingerprint density at radius 3 is 2.78 bits per heavy atom. The number of hydrogen-bond acceptors (Lipinski definition) is 3. The van der Waals surface area contributed by atoms with E-state index in [0.29, 0.717) is 19.1 Å². The molecule has 2 fully saturated rings. The number of nitriles is 1. The monoisotopic (exact) mass is 258 g/mol. The van der Waals surface area contributed by atoms with Crippen molar-refractivity contribution in [2.24, 2.45) is 5.92 Å². The van der Waals surface area contributed by atoms with Gasteiger partial charge in [-0.25, -0.2) is 8.78 Å². The molecular weight excluding hydrogens is 238 g/mol. The summed E-state index contributed by atoms with van der Waals surface area (Å²) in [5.74, 6) is 0.237. The van der Waals surface area contributed by atoms with Gasteiger partial charge in [0.05, 0.1) is 6.07 Å². The van der Waals surface area contributed by atoms with Gasteiger partial charge in [0, 0.05) is 12.6 Å². The first kappa shape index (κ1) is 13.7. The molecule has 2 atom stereocenters. The Balaban J connectivity index is 1.80.